The minimum atomic E-state index is -0.343. The van der Waals surface area contributed by atoms with Crippen LogP contribution in [0.15, 0.2) is 48.8 Å². The SMILES string of the molecule is CC.CC.c1cc(Nc2ccc(C3OCCO3)nc2)c2cc(N3CCC3)ccc2n1. The van der Waals surface area contributed by atoms with E-state index < -0.39 is 0 Å². The van der Waals surface area contributed by atoms with Gasteiger partial charge in [0.05, 0.1) is 36.3 Å². The van der Waals surface area contributed by atoms with E-state index in [-0.39, 0.29) is 6.29 Å². The highest BCUT2D eigenvalue weighted by molar-refractivity contribution is 5.95. The maximum atomic E-state index is 5.49. The zero-order valence-electron chi connectivity index (χ0n) is 18.4. The summed E-state index contributed by atoms with van der Waals surface area (Å²) in [5, 5.41) is 4.58. The van der Waals surface area contributed by atoms with Gasteiger partial charge in [-0.1, -0.05) is 27.7 Å². The van der Waals surface area contributed by atoms with E-state index in [0.29, 0.717) is 13.2 Å². The lowest BCUT2D eigenvalue weighted by atomic mass is 10.1. The van der Waals surface area contributed by atoms with Crippen LogP contribution in [0.2, 0.25) is 0 Å². The van der Waals surface area contributed by atoms with Crippen LogP contribution < -0.4 is 10.2 Å². The van der Waals surface area contributed by atoms with Gasteiger partial charge in [-0.2, -0.15) is 0 Å². The lowest BCUT2D eigenvalue weighted by Gasteiger charge is -2.33. The van der Waals surface area contributed by atoms with Gasteiger partial charge in [0, 0.05) is 36.0 Å². The Labute approximate surface area is 179 Å². The summed E-state index contributed by atoms with van der Waals surface area (Å²) in [6, 6.07) is 12.4. The monoisotopic (exact) mass is 408 g/mol. The molecule has 0 atom stereocenters. The van der Waals surface area contributed by atoms with Gasteiger partial charge in [0.25, 0.3) is 0 Å². The van der Waals surface area contributed by atoms with Crippen LogP contribution in [0.4, 0.5) is 17.1 Å². The first-order valence-corrected chi connectivity index (χ1v) is 11.0. The van der Waals surface area contributed by atoms with E-state index in [4.69, 9.17) is 9.47 Å². The second-order valence-electron chi connectivity index (χ2n) is 6.57. The summed E-state index contributed by atoms with van der Waals surface area (Å²) in [5.41, 5.74) is 4.99. The number of rotatable bonds is 4. The molecule has 3 aromatic rings. The van der Waals surface area contributed by atoms with Crippen molar-refractivity contribution >= 4 is 28.0 Å². The molecule has 2 fully saturated rings. The smallest absolute Gasteiger partial charge is 0.201 e. The lowest BCUT2D eigenvalue weighted by Crippen LogP contribution is -2.36. The van der Waals surface area contributed by atoms with Crippen LogP contribution in [0.3, 0.4) is 0 Å². The number of anilines is 3. The number of ether oxygens (including phenoxy) is 2. The minimum Gasteiger partial charge on any atom is -0.371 e. The molecule has 4 heterocycles. The molecular formula is C24H32N4O2. The third kappa shape index (κ3) is 4.89. The van der Waals surface area contributed by atoms with Crippen molar-refractivity contribution in [1.29, 1.82) is 0 Å². The molecule has 30 heavy (non-hydrogen) atoms. The Kier molecular flexibility index (Phi) is 7.99. The van der Waals surface area contributed by atoms with E-state index in [1.807, 2.05) is 58.3 Å². The van der Waals surface area contributed by atoms with Gasteiger partial charge in [-0.3, -0.25) is 9.97 Å². The standard InChI is InChI=1S/C20H20N4O2.2C2H6/c1-8-24(9-1)15-3-5-17-16(12-15)18(6-7-21-17)23-14-2-4-19(22-13-14)20-25-10-11-26-20;2*1-2/h2-7,12-13,20H,1,8-11H2,(H,21,23);2*1-2H3. The molecule has 1 N–H and O–H groups in total. The van der Waals surface area contributed by atoms with Crippen molar-refractivity contribution in [2.75, 3.05) is 36.5 Å². The molecular weight excluding hydrogens is 376 g/mol. The summed E-state index contributed by atoms with van der Waals surface area (Å²) in [6.45, 7) is 11.5. The third-order valence-electron chi connectivity index (χ3n) is 4.87. The second kappa shape index (κ2) is 10.9. The normalized spacial score (nSPS) is 15.5. The lowest BCUT2D eigenvalue weighted by molar-refractivity contribution is -0.0472. The van der Waals surface area contributed by atoms with Gasteiger partial charge in [0.1, 0.15) is 0 Å². The molecule has 6 nitrogen and oxygen atoms in total. The fraction of sp³-hybridized carbons (Fsp3) is 0.417. The predicted octanol–water partition coefficient (Wildman–Crippen LogP) is 5.68. The predicted molar refractivity (Wildman–Crippen MR) is 123 cm³/mol. The van der Waals surface area contributed by atoms with Crippen molar-refractivity contribution in [3.05, 3.63) is 54.5 Å². The van der Waals surface area contributed by atoms with Crippen molar-refractivity contribution < 1.29 is 9.47 Å². The number of nitrogens with zero attached hydrogens (tertiary/aromatic N) is 3. The number of hydrogen-bond donors (Lipinski definition) is 1. The fourth-order valence-corrected chi connectivity index (χ4v) is 3.32. The molecule has 0 amide bonds. The number of pyridine rings is 2. The fourth-order valence-electron chi connectivity index (χ4n) is 3.32. The van der Waals surface area contributed by atoms with E-state index in [1.54, 1.807) is 0 Å². The number of hydrogen-bond acceptors (Lipinski definition) is 6. The van der Waals surface area contributed by atoms with Crippen molar-refractivity contribution in [2.24, 2.45) is 0 Å². The molecule has 1 aromatic carbocycles. The van der Waals surface area contributed by atoms with Gasteiger partial charge in [-0.15, -0.1) is 0 Å². The molecule has 0 unspecified atom stereocenters. The van der Waals surface area contributed by atoms with Crippen LogP contribution >= 0.6 is 0 Å². The van der Waals surface area contributed by atoms with Crippen LogP contribution in [0, 0.1) is 0 Å². The van der Waals surface area contributed by atoms with E-state index in [2.05, 4.69) is 38.4 Å². The zero-order chi connectivity index (χ0) is 21.3. The summed E-state index contributed by atoms with van der Waals surface area (Å²) in [4.78, 5) is 11.3. The molecule has 0 aliphatic carbocycles. The highest BCUT2D eigenvalue weighted by Gasteiger charge is 2.19. The first kappa shape index (κ1) is 22.0. The maximum Gasteiger partial charge on any atom is 0.201 e. The van der Waals surface area contributed by atoms with Gasteiger partial charge >= 0.3 is 0 Å². The van der Waals surface area contributed by atoms with Crippen molar-refractivity contribution in [1.82, 2.24) is 9.97 Å². The van der Waals surface area contributed by atoms with Gasteiger partial charge in [0.2, 0.25) is 6.29 Å². The van der Waals surface area contributed by atoms with Gasteiger partial charge < -0.3 is 19.7 Å². The molecule has 2 aliphatic rings. The second-order valence-corrected chi connectivity index (χ2v) is 6.57. The molecule has 0 bridgehead atoms. The van der Waals surface area contributed by atoms with Crippen LogP contribution in [-0.2, 0) is 9.47 Å². The molecule has 2 aliphatic heterocycles. The minimum absolute atomic E-state index is 0.343. The van der Waals surface area contributed by atoms with Crippen LogP contribution in [0.25, 0.3) is 10.9 Å². The highest BCUT2D eigenvalue weighted by Crippen LogP contribution is 2.31. The van der Waals surface area contributed by atoms with E-state index in [0.717, 1.165) is 41.1 Å². The van der Waals surface area contributed by atoms with E-state index >= 15 is 0 Å². The summed E-state index contributed by atoms with van der Waals surface area (Å²) in [7, 11) is 0. The Morgan fingerprint density at radius 2 is 1.70 bits per heavy atom. The van der Waals surface area contributed by atoms with E-state index in [9.17, 15) is 0 Å². The van der Waals surface area contributed by atoms with Crippen LogP contribution in [0.5, 0.6) is 0 Å². The molecule has 160 valence electrons. The molecule has 2 saturated heterocycles. The van der Waals surface area contributed by atoms with Gasteiger partial charge in [0.15, 0.2) is 0 Å². The molecule has 0 radical (unpaired) electrons. The number of nitrogens with one attached hydrogen (secondary N) is 1. The quantitative estimate of drug-likeness (QED) is 0.599. The number of benzene rings is 1. The molecule has 2 aromatic heterocycles. The average Bonchev–Trinajstić information content (AvgIpc) is 3.31. The molecule has 6 heteroatoms. The van der Waals surface area contributed by atoms with Crippen molar-refractivity contribution in [3.8, 4) is 0 Å². The Bertz CT molecular complexity index is 920. The molecule has 0 spiro atoms. The third-order valence-corrected chi connectivity index (χ3v) is 4.87. The Balaban J connectivity index is 0.000000606. The maximum absolute atomic E-state index is 5.49. The first-order valence-electron chi connectivity index (χ1n) is 11.0. The summed E-state index contributed by atoms with van der Waals surface area (Å²) >= 11 is 0. The Morgan fingerprint density at radius 1 is 0.933 bits per heavy atom. The zero-order valence-corrected chi connectivity index (χ0v) is 18.4. The van der Waals surface area contributed by atoms with Crippen LogP contribution in [-0.4, -0.2) is 36.3 Å². The van der Waals surface area contributed by atoms with Gasteiger partial charge in [-0.25, -0.2) is 0 Å². The summed E-state index contributed by atoms with van der Waals surface area (Å²) in [6.07, 6.45) is 4.56. The largest absolute Gasteiger partial charge is 0.371 e. The first-order chi connectivity index (χ1) is 14.9. The summed E-state index contributed by atoms with van der Waals surface area (Å²) < 4.78 is 11.0. The average molecular weight is 409 g/mol. The summed E-state index contributed by atoms with van der Waals surface area (Å²) in [5.74, 6) is 0. The number of fused-ring (bicyclic) bond motifs is 1. The Hall–Kier alpha value is -2.70. The van der Waals surface area contributed by atoms with Gasteiger partial charge in [-0.05, 0) is 42.8 Å². The highest BCUT2D eigenvalue weighted by atomic mass is 16.7. The van der Waals surface area contributed by atoms with Crippen molar-refractivity contribution in [3.63, 3.8) is 0 Å². The topological polar surface area (TPSA) is 59.5 Å². The molecule has 5 rings (SSSR count). The van der Waals surface area contributed by atoms with E-state index in [1.165, 1.54) is 12.1 Å². The molecule has 0 saturated carbocycles. The Morgan fingerprint density at radius 3 is 2.33 bits per heavy atom. The van der Waals surface area contributed by atoms with Crippen LogP contribution in [0.1, 0.15) is 46.1 Å². The number of aromatic nitrogens is 2. The van der Waals surface area contributed by atoms with Crippen molar-refractivity contribution in [2.45, 2.75) is 40.4 Å².